The zero-order valence-electron chi connectivity index (χ0n) is 17.1. The molecule has 0 amide bonds. The number of benzene rings is 3. The van der Waals surface area contributed by atoms with Gasteiger partial charge in [-0.3, -0.25) is 4.79 Å². The molecule has 0 saturated carbocycles. The molecule has 0 aliphatic rings. The summed E-state index contributed by atoms with van der Waals surface area (Å²) >= 11 is 0. The van der Waals surface area contributed by atoms with Gasteiger partial charge in [0.1, 0.15) is 6.61 Å². The van der Waals surface area contributed by atoms with Gasteiger partial charge in [0.05, 0.1) is 11.6 Å². The van der Waals surface area contributed by atoms with Crippen LogP contribution in [0.25, 0.3) is 11.1 Å². The highest BCUT2D eigenvalue weighted by atomic mass is 16.5. The second-order valence-electron chi connectivity index (χ2n) is 7.30. The molecule has 0 fully saturated rings. The van der Waals surface area contributed by atoms with E-state index < -0.39 is 0 Å². The first kappa shape index (κ1) is 21.2. The molecule has 0 aliphatic heterocycles. The van der Waals surface area contributed by atoms with Crippen LogP contribution in [0, 0.1) is 5.92 Å². The number of rotatable bonds is 9. The number of aryl methyl sites for hydroxylation is 1. The number of carbonyl (C=O) groups excluding carboxylic acids is 2. The molecule has 1 atom stereocenters. The number of carbonyl (C=O) groups is 1. The van der Waals surface area contributed by atoms with Gasteiger partial charge in [0, 0.05) is 0 Å². The predicted molar refractivity (Wildman–Crippen MR) is 118 cm³/mol. The number of hydrogen-bond donors (Lipinski definition) is 0. The molecule has 0 heterocycles. The van der Waals surface area contributed by atoms with E-state index in [1.165, 1.54) is 0 Å². The Kier molecular flexibility index (Phi) is 7.71. The van der Waals surface area contributed by atoms with Crippen molar-refractivity contribution >= 4 is 17.7 Å². The minimum Gasteiger partial charge on any atom is -0.461 e. The van der Waals surface area contributed by atoms with E-state index in [-0.39, 0.29) is 11.9 Å². The molecular formula is C26H25NO3. The first-order chi connectivity index (χ1) is 14.7. The summed E-state index contributed by atoms with van der Waals surface area (Å²) in [4.78, 5) is 26.9. The van der Waals surface area contributed by atoms with Gasteiger partial charge in [-0.2, -0.15) is 4.99 Å². The highest BCUT2D eigenvalue weighted by Crippen LogP contribution is 2.28. The maximum absolute atomic E-state index is 12.3. The van der Waals surface area contributed by atoms with Gasteiger partial charge >= 0.3 is 5.97 Å². The van der Waals surface area contributed by atoms with Gasteiger partial charge in [-0.15, -0.1) is 0 Å². The van der Waals surface area contributed by atoms with Gasteiger partial charge in [-0.1, -0.05) is 73.7 Å². The fourth-order valence-corrected chi connectivity index (χ4v) is 3.34. The quantitative estimate of drug-likeness (QED) is 0.251. The van der Waals surface area contributed by atoms with Gasteiger partial charge in [0.25, 0.3) is 0 Å². The topological polar surface area (TPSA) is 55.7 Å². The summed E-state index contributed by atoms with van der Waals surface area (Å²) in [5, 5.41) is 0. The number of isocyanates is 1. The zero-order chi connectivity index (χ0) is 21.2. The monoisotopic (exact) mass is 399 g/mol. The molecular weight excluding hydrogens is 374 g/mol. The molecule has 0 aromatic heterocycles. The molecule has 0 N–H and O–H groups in total. The molecule has 0 saturated heterocycles. The van der Waals surface area contributed by atoms with E-state index in [4.69, 9.17) is 4.74 Å². The number of ether oxygens (including phenoxy) is 1. The zero-order valence-corrected chi connectivity index (χ0v) is 17.1. The van der Waals surface area contributed by atoms with Gasteiger partial charge < -0.3 is 4.74 Å². The van der Waals surface area contributed by atoms with Crippen LogP contribution < -0.4 is 0 Å². The average molecular weight is 399 g/mol. The summed E-state index contributed by atoms with van der Waals surface area (Å²) in [5.74, 6) is -0.382. The van der Waals surface area contributed by atoms with Crippen LogP contribution in [0.3, 0.4) is 0 Å². The minimum atomic E-state index is -0.192. The van der Waals surface area contributed by atoms with E-state index in [9.17, 15) is 9.59 Å². The van der Waals surface area contributed by atoms with Crippen LogP contribution in [0.15, 0.2) is 83.9 Å². The van der Waals surface area contributed by atoms with Crippen LogP contribution in [-0.4, -0.2) is 12.0 Å². The Morgan fingerprint density at radius 2 is 1.67 bits per heavy atom. The molecule has 0 spiro atoms. The Morgan fingerprint density at radius 3 is 2.37 bits per heavy atom. The predicted octanol–water partition coefficient (Wildman–Crippen LogP) is 6.02. The number of aliphatic imine (C=N–C) groups is 1. The molecule has 0 bridgehead atoms. The third-order valence-electron chi connectivity index (χ3n) is 5.06. The Labute approximate surface area is 177 Å². The van der Waals surface area contributed by atoms with Gasteiger partial charge in [-0.25, -0.2) is 4.79 Å². The van der Waals surface area contributed by atoms with Crippen LogP contribution in [0.5, 0.6) is 0 Å². The number of nitrogens with zero attached hydrogens (tertiary/aromatic N) is 1. The van der Waals surface area contributed by atoms with Crippen LogP contribution >= 0.6 is 0 Å². The van der Waals surface area contributed by atoms with E-state index in [1.807, 2.05) is 79.7 Å². The first-order valence-electron chi connectivity index (χ1n) is 10.1. The molecule has 4 heteroatoms. The summed E-state index contributed by atoms with van der Waals surface area (Å²) < 4.78 is 5.42. The molecule has 4 nitrogen and oxygen atoms in total. The van der Waals surface area contributed by atoms with Crippen molar-refractivity contribution in [3.63, 3.8) is 0 Å². The normalized spacial score (nSPS) is 11.4. The van der Waals surface area contributed by atoms with Gasteiger partial charge in [-0.05, 0) is 53.6 Å². The summed E-state index contributed by atoms with van der Waals surface area (Å²) in [5.41, 5.74) is 4.77. The third kappa shape index (κ3) is 6.00. The number of esters is 1. The molecule has 1 unspecified atom stereocenters. The van der Waals surface area contributed by atoms with Crippen molar-refractivity contribution in [2.24, 2.45) is 10.9 Å². The van der Waals surface area contributed by atoms with E-state index in [0.717, 1.165) is 35.1 Å². The third-order valence-corrected chi connectivity index (χ3v) is 5.06. The highest BCUT2D eigenvalue weighted by molar-refractivity contribution is 5.72. The fourth-order valence-electron chi connectivity index (χ4n) is 3.34. The molecule has 0 radical (unpaired) electrons. The van der Waals surface area contributed by atoms with E-state index in [0.29, 0.717) is 18.7 Å². The lowest BCUT2D eigenvalue weighted by Gasteiger charge is -2.13. The lowest BCUT2D eigenvalue weighted by Crippen LogP contribution is -2.15. The number of hydrogen-bond acceptors (Lipinski definition) is 4. The molecule has 152 valence electrons. The van der Waals surface area contributed by atoms with Crippen LogP contribution in [0.2, 0.25) is 0 Å². The Balaban J connectivity index is 1.58. The van der Waals surface area contributed by atoms with Crippen LogP contribution in [0.1, 0.15) is 30.9 Å². The molecule has 0 aliphatic carbocycles. The van der Waals surface area contributed by atoms with E-state index in [1.54, 1.807) is 6.08 Å². The standard InChI is InChI=1S/C26H25NO3/c1-20(26(29)30-18-21-10-4-2-5-11-21)9-8-14-24-17-23(15-16-25(24)27-19-28)22-12-6-3-7-13-22/h2-7,10-13,15-17,20H,8-9,14,18H2,1H3. The van der Waals surface area contributed by atoms with Gasteiger partial charge in [0.2, 0.25) is 6.08 Å². The SMILES string of the molecule is CC(CCCc1cc(-c2ccccc2)ccc1N=C=O)C(=O)OCc1ccccc1. The first-order valence-corrected chi connectivity index (χ1v) is 10.1. The lowest BCUT2D eigenvalue weighted by atomic mass is 9.96. The van der Waals surface area contributed by atoms with Gasteiger partial charge in [0.15, 0.2) is 0 Å². The molecule has 3 aromatic rings. The van der Waals surface area contributed by atoms with Crippen molar-refractivity contribution in [2.45, 2.75) is 32.8 Å². The molecule has 30 heavy (non-hydrogen) atoms. The van der Waals surface area contributed by atoms with E-state index in [2.05, 4.69) is 11.1 Å². The second-order valence-corrected chi connectivity index (χ2v) is 7.30. The highest BCUT2D eigenvalue weighted by Gasteiger charge is 2.15. The summed E-state index contributed by atoms with van der Waals surface area (Å²) in [6.07, 6.45) is 3.85. The van der Waals surface area contributed by atoms with Crippen molar-refractivity contribution in [3.05, 3.63) is 90.0 Å². The lowest BCUT2D eigenvalue weighted by molar-refractivity contribution is -0.149. The van der Waals surface area contributed by atoms with Crippen LogP contribution in [-0.2, 0) is 27.4 Å². The van der Waals surface area contributed by atoms with Crippen molar-refractivity contribution < 1.29 is 14.3 Å². The summed E-state index contributed by atoms with van der Waals surface area (Å²) in [6, 6.07) is 25.6. The maximum atomic E-state index is 12.3. The van der Waals surface area contributed by atoms with Crippen molar-refractivity contribution in [3.8, 4) is 11.1 Å². The van der Waals surface area contributed by atoms with Crippen molar-refractivity contribution in [2.75, 3.05) is 0 Å². The Hall–Kier alpha value is -3.49. The van der Waals surface area contributed by atoms with Crippen molar-refractivity contribution in [1.29, 1.82) is 0 Å². The van der Waals surface area contributed by atoms with Crippen LogP contribution in [0.4, 0.5) is 5.69 Å². The smallest absolute Gasteiger partial charge is 0.308 e. The van der Waals surface area contributed by atoms with E-state index >= 15 is 0 Å². The Morgan fingerprint density at radius 1 is 0.967 bits per heavy atom. The van der Waals surface area contributed by atoms with Crippen molar-refractivity contribution in [1.82, 2.24) is 0 Å². The maximum Gasteiger partial charge on any atom is 0.308 e. The summed E-state index contributed by atoms with van der Waals surface area (Å²) in [7, 11) is 0. The average Bonchev–Trinajstić information content (AvgIpc) is 2.79. The molecule has 3 aromatic carbocycles. The fraction of sp³-hybridized carbons (Fsp3) is 0.231. The largest absolute Gasteiger partial charge is 0.461 e. The minimum absolute atomic E-state index is 0.191. The second kappa shape index (κ2) is 10.9. The summed E-state index contributed by atoms with van der Waals surface area (Å²) in [6.45, 7) is 2.18. The Bertz CT molecular complexity index is 1010. The molecule has 3 rings (SSSR count).